The summed E-state index contributed by atoms with van der Waals surface area (Å²) >= 11 is 2.42. The molecule has 1 nitrogen and oxygen atoms in total. The van der Waals surface area contributed by atoms with E-state index >= 15 is 0 Å². The van der Waals surface area contributed by atoms with Crippen LogP contribution >= 0.6 is 22.6 Å². The number of ether oxygens (including phenoxy) is 1. The second-order valence-electron chi connectivity index (χ2n) is 5.04. The molecule has 16 heavy (non-hydrogen) atoms. The average molecular weight is 332 g/mol. The third kappa shape index (κ3) is 3.65. The van der Waals surface area contributed by atoms with Crippen molar-refractivity contribution >= 4 is 22.6 Å². The van der Waals surface area contributed by atoms with Gasteiger partial charge in [0.2, 0.25) is 0 Å². The van der Waals surface area contributed by atoms with Gasteiger partial charge in [-0.15, -0.1) is 0 Å². The number of allylic oxidation sites excluding steroid dienone is 5. The van der Waals surface area contributed by atoms with Crippen LogP contribution < -0.4 is 0 Å². The maximum absolute atomic E-state index is 5.84. The molecule has 0 bridgehead atoms. The van der Waals surface area contributed by atoms with Gasteiger partial charge in [0, 0.05) is 3.58 Å². The highest BCUT2D eigenvalue weighted by Crippen LogP contribution is 2.29. The van der Waals surface area contributed by atoms with Crippen LogP contribution in [0.1, 0.15) is 47.5 Å². The summed E-state index contributed by atoms with van der Waals surface area (Å²) in [6, 6.07) is 0. The van der Waals surface area contributed by atoms with Crippen LogP contribution in [0.15, 0.2) is 32.6 Å². The first-order chi connectivity index (χ1) is 7.33. The quantitative estimate of drug-likeness (QED) is 0.559. The van der Waals surface area contributed by atoms with Crippen molar-refractivity contribution in [1.82, 2.24) is 0 Å². The van der Waals surface area contributed by atoms with Crippen LogP contribution in [-0.2, 0) is 4.74 Å². The fourth-order valence-corrected chi connectivity index (χ4v) is 2.24. The molecule has 0 aromatic carbocycles. The lowest BCUT2D eigenvalue weighted by molar-refractivity contribution is 0.0491. The Hall–Kier alpha value is -0.250. The van der Waals surface area contributed by atoms with Crippen LogP contribution in [0.25, 0.3) is 0 Å². The largest absolute Gasteiger partial charge is 0.495 e. The molecule has 1 aliphatic rings. The van der Waals surface area contributed by atoms with Crippen molar-refractivity contribution in [2.24, 2.45) is 0 Å². The first-order valence-corrected chi connectivity index (χ1v) is 6.80. The number of hydrogen-bond acceptors (Lipinski definition) is 1. The molecule has 0 amide bonds. The van der Waals surface area contributed by atoms with Gasteiger partial charge in [-0.25, -0.2) is 0 Å². The molecular weight excluding hydrogens is 311 g/mol. The minimum atomic E-state index is -0.0684. The summed E-state index contributed by atoms with van der Waals surface area (Å²) in [5.41, 5.74) is 3.84. The third-order valence-electron chi connectivity index (χ3n) is 3.02. The molecule has 0 spiro atoms. The van der Waals surface area contributed by atoms with Gasteiger partial charge >= 0.3 is 0 Å². The summed E-state index contributed by atoms with van der Waals surface area (Å²) in [6.45, 7) is 10.7. The molecule has 1 rings (SSSR count). The van der Waals surface area contributed by atoms with Gasteiger partial charge in [-0.1, -0.05) is 6.08 Å². The lowest BCUT2D eigenvalue weighted by Crippen LogP contribution is -2.21. The molecule has 0 aromatic heterocycles. The Bertz CT molecular complexity index is 359. The minimum Gasteiger partial charge on any atom is -0.495 e. The molecule has 0 aromatic rings. The van der Waals surface area contributed by atoms with Gasteiger partial charge in [0.1, 0.15) is 5.60 Å². The van der Waals surface area contributed by atoms with Gasteiger partial charge in [-0.3, -0.25) is 0 Å². The summed E-state index contributed by atoms with van der Waals surface area (Å²) in [4.78, 5) is 0. The van der Waals surface area contributed by atoms with E-state index in [1.165, 1.54) is 20.3 Å². The van der Waals surface area contributed by atoms with Gasteiger partial charge in [0.05, 0.1) is 6.26 Å². The summed E-state index contributed by atoms with van der Waals surface area (Å²) in [5, 5.41) is 0. The fraction of sp³-hybridized carbons (Fsp3) is 0.571. The molecule has 0 unspecified atom stereocenters. The molecule has 2 heteroatoms. The zero-order chi connectivity index (χ0) is 12.3. The van der Waals surface area contributed by atoms with E-state index in [9.17, 15) is 0 Å². The molecule has 0 radical (unpaired) electrons. The Morgan fingerprint density at radius 2 is 1.81 bits per heavy atom. The number of halogens is 1. The predicted molar refractivity (Wildman–Crippen MR) is 78.6 cm³/mol. The van der Waals surface area contributed by atoms with E-state index in [1.807, 2.05) is 6.26 Å². The molecule has 0 saturated carbocycles. The summed E-state index contributed by atoms with van der Waals surface area (Å²) in [6.07, 6.45) is 6.35. The van der Waals surface area contributed by atoms with Crippen LogP contribution in [-0.4, -0.2) is 5.60 Å². The molecular formula is C14H21IO. The van der Waals surface area contributed by atoms with Gasteiger partial charge in [0.15, 0.2) is 0 Å². The molecule has 90 valence electrons. The molecule has 1 aliphatic heterocycles. The van der Waals surface area contributed by atoms with Crippen molar-refractivity contribution in [2.75, 3.05) is 0 Å². The highest BCUT2D eigenvalue weighted by molar-refractivity contribution is 14.1. The van der Waals surface area contributed by atoms with Crippen LogP contribution in [0.5, 0.6) is 0 Å². The van der Waals surface area contributed by atoms with Crippen molar-refractivity contribution in [3.8, 4) is 0 Å². The Morgan fingerprint density at radius 3 is 2.44 bits per heavy atom. The number of rotatable bonds is 0. The van der Waals surface area contributed by atoms with Crippen molar-refractivity contribution in [2.45, 2.75) is 53.1 Å². The van der Waals surface area contributed by atoms with E-state index < -0.39 is 0 Å². The summed E-state index contributed by atoms with van der Waals surface area (Å²) in [7, 11) is 0. The zero-order valence-corrected chi connectivity index (χ0v) is 13.0. The van der Waals surface area contributed by atoms with Gasteiger partial charge in [0.25, 0.3) is 0 Å². The van der Waals surface area contributed by atoms with E-state index in [0.29, 0.717) is 0 Å². The Labute approximate surface area is 113 Å². The first kappa shape index (κ1) is 13.8. The molecule has 0 N–H and O–H groups in total. The monoisotopic (exact) mass is 332 g/mol. The lowest BCUT2D eigenvalue weighted by Gasteiger charge is -2.25. The van der Waals surface area contributed by atoms with Gasteiger partial charge in [-0.2, -0.15) is 0 Å². The van der Waals surface area contributed by atoms with E-state index in [4.69, 9.17) is 4.74 Å². The molecule has 0 fully saturated rings. The molecule has 0 atom stereocenters. The maximum atomic E-state index is 5.84. The van der Waals surface area contributed by atoms with E-state index in [0.717, 1.165) is 12.8 Å². The van der Waals surface area contributed by atoms with E-state index in [-0.39, 0.29) is 5.60 Å². The topological polar surface area (TPSA) is 9.23 Å². The SMILES string of the molecule is CC1=C\OC(C)(C)CC/C=C(C)/C(I)=C\1C. The Balaban J connectivity index is 3.12. The third-order valence-corrected chi connectivity index (χ3v) is 4.68. The van der Waals surface area contributed by atoms with E-state index in [2.05, 4.69) is 63.3 Å². The van der Waals surface area contributed by atoms with Crippen molar-refractivity contribution < 1.29 is 4.74 Å². The van der Waals surface area contributed by atoms with Gasteiger partial charge < -0.3 is 4.74 Å². The van der Waals surface area contributed by atoms with Crippen molar-refractivity contribution in [3.63, 3.8) is 0 Å². The summed E-state index contributed by atoms with van der Waals surface area (Å²) in [5.74, 6) is 0. The number of hydrogen-bond donors (Lipinski definition) is 0. The second-order valence-corrected chi connectivity index (χ2v) is 6.12. The molecule has 0 saturated heterocycles. The Kier molecular flexibility index (Phi) is 4.65. The second kappa shape index (κ2) is 5.39. The van der Waals surface area contributed by atoms with Crippen LogP contribution in [0.4, 0.5) is 0 Å². The fourth-order valence-electron chi connectivity index (χ4n) is 1.59. The molecule has 0 aliphatic carbocycles. The maximum Gasteiger partial charge on any atom is 0.103 e. The first-order valence-electron chi connectivity index (χ1n) is 5.72. The standard InChI is InChI=1S/C14H21IO/c1-10-7-6-8-14(4,5)16-9-11(2)12(3)13(10)15/h7,9H,6,8H2,1-5H3/b10-7+,11-9+,13-12+. The highest BCUT2D eigenvalue weighted by atomic mass is 127. The summed E-state index contributed by atoms with van der Waals surface area (Å²) < 4.78 is 7.19. The highest BCUT2D eigenvalue weighted by Gasteiger charge is 2.18. The lowest BCUT2D eigenvalue weighted by atomic mass is 9.99. The van der Waals surface area contributed by atoms with Gasteiger partial charge in [-0.05, 0) is 86.8 Å². The van der Waals surface area contributed by atoms with Crippen LogP contribution in [0, 0.1) is 0 Å². The van der Waals surface area contributed by atoms with Crippen molar-refractivity contribution in [1.29, 1.82) is 0 Å². The minimum absolute atomic E-state index is 0.0684. The van der Waals surface area contributed by atoms with Crippen molar-refractivity contribution in [3.05, 3.63) is 32.6 Å². The molecule has 1 heterocycles. The normalized spacial score (nSPS) is 33.1. The zero-order valence-electron chi connectivity index (χ0n) is 10.9. The van der Waals surface area contributed by atoms with E-state index in [1.54, 1.807) is 0 Å². The smallest absolute Gasteiger partial charge is 0.103 e. The average Bonchev–Trinajstić information content (AvgIpc) is 2.22. The van der Waals surface area contributed by atoms with Crippen LogP contribution in [0.3, 0.4) is 0 Å². The van der Waals surface area contributed by atoms with Crippen LogP contribution in [0.2, 0.25) is 0 Å². The predicted octanol–water partition coefficient (Wildman–Crippen LogP) is 5.13. The Morgan fingerprint density at radius 1 is 1.19 bits per heavy atom.